The molecule has 0 saturated carbocycles. The van der Waals surface area contributed by atoms with Crippen molar-refractivity contribution in [3.05, 3.63) is 94.7 Å². The number of ether oxygens (including phenoxy) is 5. The van der Waals surface area contributed by atoms with Crippen molar-refractivity contribution in [2.75, 3.05) is 33.7 Å². The van der Waals surface area contributed by atoms with E-state index in [1.165, 1.54) is 7.11 Å². The van der Waals surface area contributed by atoms with Crippen molar-refractivity contribution >= 4 is 5.95 Å². The third kappa shape index (κ3) is 3.29. The molecule has 3 atom stereocenters. The molecule has 2 aliphatic rings. The first kappa shape index (κ1) is 24.8. The van der Waals surface area contributed by atoms with E-state index in [0.717, 1.165) is 5.56 Å². The Morgan fingerprint density at radius 1 is 0.923 bits per heavy atom. The lowest BCUT2D eigenvalue weighted by Crippen LogP contribution is -2.49. The minimum absolute atomic E-state index is 0.0242. The molecule has 0 radical (unpaired) electrons. The van der Waals surface area contributed by atoms with Crippen molar-refractivity contribution in [1.29, 1.82) is 0 Å². The second kappa shape index (κ2) is 9.06. The van der Waals surface area contributed by atoms with Gasteiger partial charge in [-0.2, -0.15) is 4.98 Å². The quantitative estimate of drug-likeness (QED) is 0.365. The summed E-state index contributed by atoms with van der Waals surface area (Å²) in [5, 5.41) is 13.2. The number of hydrogen-bond donors (Lipinski definition) is 2. The van der Waals surface area contributed by atoms with E-state index in [1.807, 2.05) is 61.5 Å². The topological polar surface area (TPSA) is 118 Å². The van der Waals surface area contributed by atoms with Crippen LogP contribution in [0.3, 0.4) is 0 Å². The van der Waals surface area contributed by atoms with Crippen LogP contribution in [-0.4, -0.2) is 43.0 Å². The first-order chi connectivity index (χ1) is 18.9. The van der Waals surface area contributed by atoms with E-state index >= 15 is 0 Å². The minimum Gasteiger partial charge on any atom is -0.497 e. The van der Waals surface area contributed by atoms with Gasteiger partial charge in [-0.05, 0) is 24.6 Å². The maximum absolute atomic E-state index is 13.2. The lowest BCUT2D eigenvalue weighted by molar-refractivity contribution is -0.0909. The number of nitrogens with zero attached hydrogens (tertiary/aromatic N) is 2. The van der Waals surface area contributed by atoms with Gasteiger partial charge in [0.15, 0.2) is 11.2 Å². The second-order valence-corrected chi connectivity index (χ2v) is 9.41. The molecule has 4 aromatic rings. The van der Waals surface area contributed by atoms with Crippen molar-refractivity contribution < 1.29 is 28.8 Å². The monoisotopic (exact) mass is 527 g/mol. The number of methoxy groups -OCH3 is 3. The molecular weight excluding hydrogens is 498 g/mol. The molecular formula is C30H29N3O6. The fourth-order valence-electron chi connectivity index (χ4n) is 6.05. The van der Waals surface area contributed by atoms with E-state index in [1.54, 1.807) is 26.4 Å². The van der Waals surface area contributed by atoms with E-state index in [0.29, 0.717) is 57.9 Å². The lowest BCUT2D eigenvalue weighted by Gasteiger charge is -2.40. The van der Waals surface area contributed by atoms with Crippen LogP contribution in [-0.2, 0) is 11.2 Å². The summed E-state index contributed by atoms with van der Waals surface area (Å²) in [4.78, 5) is 9.11. The molecule has 3 N–H and O–H groups in total. The van der Waals surface area contributed by atoms with Crippen LogP contribution in [0, 0.1) is 0 Å². The van der Waals surface area contributed by atoms with Crippen molar-refractivity contribution in [3.63, 3.8) is 0 Å². The molecule has 0 unspecified atom stereocenters. The highest BCUT2D eigenvalue weighted by Gasteiger charge is 2.74. The normalized spacial score (nSPS) is 22.3. The molecule has 2 heterocycles. The molecule has 0 saturated heterocycles. The van der Waals surface area contributed by atoms with Crippen molar-refractivity contribution in [2.24, 2.45) is 0 Å². The Kier molecular flexibility index (Phi) is 5.76. The zero-order valence-corrected chi connectivity index (χ0v) is 22.1. The second-order valence-electron chi connectivity index (χ2n) is 9.41. The first-order valence-corrected chi connectivity index (χ1v) is 12.6. The van der Waals surface area contributed by atoms with Crippen molar-refractivity contribution in [3.8, 4) is 28.9 Å². The molecule has 0 spiro atoms. The van der Waals surface area contributed by atoms with Crippen LogP contribution in [0.15, 0.2) is 66.7 Å². The Balaban J connectivity index is 1.78. The Hall–Kier alpha value is -4.50. The van der Waals surface area contributed by atoms with E-state index in [-0.39, 0.29) is 5.95 Å². The Morgan fingerprint density at radius 2 is 1.64 bits per heavy atom. The molecule has 39 heavy (non-hydrogen) atoms. The minimum atomic E-state index is -1.85. The van der Waals surface area contributed by atoms with Crippen molar-refractivity contribution in [2.45, 2.75) is 24.0 Å². The number of aliphatic hydroxyl groups is 1. The average Bonchev–Trinajstić information content (AvgIpc) is 3.35. The van der Waals surface area contributed by atoms with Crippen LogP contribution >= 0.6 is 0 Å². The summed E-state index contributed by atoms with van der Waals surface area (Å²) in [7, 11) is 4.71. The third-order valence-corrected chi connectivity index (χ3v) is 7.56. The highest BCUT2D eigenvalue weighted by molar-refractivity contribution is 5.70. The van der Waals surface area contributed by atoms with Crippen LogP contribution in [0.1, 0.15) is 40.8 Å². The Bertz CT molecular complexity index is 1550. The molecule has 1 aliphatic heterocycles. The van der Waals surface area contributed by atoms with Gasteiger partial charge in [0.05, 0.1) is 50.7 Å². The third-order valence-electron chi connectivity index (χ3n) is 7.56. The van der Waals surface area contributed by atoms with Gasteiger partial charge in [-0.1, -0.05) is 42.5 Å². The van der Waals surface area contributed by atoms with Gasteiger partial charge in [-0.3, -0.25) is 0 Å². The zero-order chi connectivity index (χ0) is 27.4. The van der Waals surface area contributed by atoms with Gasteiger partial charge in [0.25, 0.3) is 0 Å². The van der Waals surface area contributed by atoms with Gasteiger partial charge in [0.1, 0.15) is 23.0 Å². The SMILES string of the molecule is CCOc1nc(N)nc2c1[C@@H](c1ccccc1)[C@]1(c3ccc(OC)cc3)Oc3cc(OC)cc(OC)c3[C@]21O. The summed E-state index contributed by atoms with van der Waals surface area (Å²) in [6.45, 7) is 2.21. The maximum Gasteiger partial charge on any atom is 0.223 e. The van der Waals surface area contributed by atoms with Gasteiger partial charge >= 0.3 is 0 Å². The number of rotatable bonds is 7. The van der Waals surface area contributed by atoms with E-state index in [4.69, 9.17) is 29.4 Å². The number of fused-ring (bicyclic) bond motifs is 5. The predicted molar refractivity (Wildman–Crippen MR) is 144 cm³/mol. The number of hydrogen-bond acceptors (Lipinski definition) is 9. The average molecular weight is 528 g/mol. The van der Waals surface area contributed by atoms with Crippen LogP contribution in [0.2, 0.25) is 0 Å². The van der Waals surface area contributed by atoms with Crippen LogP contribution in [0.4, 0.5) is 5.95 Å². The molecule has 9 heteroatoms. The molecule has 0 fully saturated rings. The highest BCUT2D eigenvalue weighted by Crippen LogP contribution is 2.71. The number of anilines is 1. The van der Waals surface area contributed by atoms with Crippen LogP contribution in [0.25, 0.3) is 0 Å². The summed E-state index contributed by atoms with van der Waals surface area (Å²) in [6, 6.07) is 20.7. The van der Waals surface area contributed by atoms with E-state index < -0.39 is 17.1 Å². The summed E-state index contributed by atoms with van der Waals surface area (Å²) in [5.41, 5.74) is 5.80. The predicted octanol–water partition coefficient (Wildman–Crippen LogP) is 4.15. The van der Waals surface area contributed by atoms with Crippen LogP contribution < -0.4 is 29.4 Å². The molecule has 1 aromatic heterocycles. The van der Waals surface area contributed by atoms with Gasteiger partial charge in [0.2, 0.25) is 11.8 Å². The van der Waals surface area contributed by atoms with Gasteiger partial charge in [-0.25, -0.2) is 4.98 Å². The van der Waals surface area contributed by atoms with Crippen LogP contribution in [0.5, 0.6) is 28.9 Å². The van der Waals surface area contributed by atoms with E-state index in [2.05, 4.69) is 9.97 Å². The van der Waals surface area contributed by atoms with Gasteiger partial charge in [0, 0.05) is 17.7 Å². The molecule has 3 aromatic carbocycles. The Morgan fingerprint density at radius 3 is 2.28 bits per heavy atom. The number of aromatic nitrogens is 2. The zero-order valence-electron chi connectivity index (χ0n) is 22.1. The fraction of sp³-hybridized carbons (Fsp3) is 0.267. The lowest BCUT2D eigenvalue weighted by atomic mass is 9.70. The number of benzene rings is 3. The van der Waals surface area contributed by atoms with Crippen molar-refractivity contribution in [1.82, 2.24) is 9.97 Å². The molecule has 1 aliphatic carbocycles. The number of nitrogens with two attached hydrogens (primary N) is 1. The van der Waals surface area contributed by atoms with Gasteiger partial charge < -0.3 is 34.5 Å². The van der Waals surface area contributed by atoms with Gasteiger partial charge in [-0.15, -0.1) is 0 Å². The molecule has 9 nitrogen and oxygen atoms in total. The maximum atomic E-state index is 13.2. The standard InChI is InChI=1S/C30H29N3O6/c1-5-38-27-23-24(17-9-7-6-8-10-17)30(18-11-13-19(35-2)14-12-18)29(34,26(23)32-28(31)33-27)25-21(37-4)15-20(36-3)16-22(25)39-30/h6-16,24,34H,5H2,1-4H3,(H2,31,32,33)/t24-,29+,30+/m1/s1. The highest BCUT2D eigenvalue weighted by atomic mass is 16.5. The smallest absolute Gasteiger partial charge is 0.223 e. The largest absolute Gasteiger partial charge is 0.497 e. The molecule has 200 valence electrons. The summed E-state index contributed by atoms with van der Waals surface area (Å²) < 4.78 is 29.8. The number of nitrogen functional groups attached to an aromatic ring is 1. The first-order valence-electron chi connectivity index (χ1n) is 12.6. The molecule has 0 amide bonds. The molecule has 0 bridgehead atoms. The fourth-order valence-corrected chi connectivity index (χ4v) is 6.05. The van der Waals surface area contributed by atoms with E-state index in [9.17, 15) is 5.11 Å². The summed E-state index contributed by atoms with van der Waals surface area (Å²) in [5.74, 6) is 1.65. The Labute approximate surface area is 226 Å². The summed E-state index contributed by atoms with van der Waals surface area (Å²) in [6.07, 6.45) is 0. The molecule has 6 rings (SSSR count). The summed E-state index contributed by atoms with van der Waals surface area (Å²) >= 11 is 0.